The van der Waals surface area contributed by atoms with Crippen LogP contribution in [0.25, 0.3) is 5.69 Å². The van der Waals surface area contributed by atoms with Gasteiger partial charge in [0.05, 0.1) is 19.0 Å². The van der Waals surface area contributed by atoms with Crippen molar-refractivity contribution in [2.24, 2.45) is 0 Å². The monoisotopic (exact) mass is 336 g/mol. The van der Waals surface area contributed by atoms with E-state index in [1.165, 1.54) is 7.11 Å². The van der Waals surface area contributed by atoms with Crippen molar-refractivity contribution in [2.45, 2.75) is 6.42 Å². The maximum Gasteiger partial charge on any atom is 0.278 e. The third-order valence-corrected chi connectivity index (χ3v) is 3.90. The van der Waals surface area contributed by atoms with Crippen molar-refractivity contribution in [2.75, 3.05) is 20.7 Å². The smallest absolute Gasteiger partial charge is 0.278 e. The molecule has 128 valence electrons. The maximum atomic E-state index is 12.7. The summed E-state index contributed by atoms with van der Waals surface area (Å²) in [6, 6.07) is 15.4. The average molecular weight is 336 g/mol. The number of likely N-dealkylation sites (N-methyl/N-ethyl adjacent to an activating group) is 1. The van der Waals surface area contributed by atoms with Crippen LogP contribution in [0.2, 0.25) is 0 Å². The number of hydrogen-bond donors (Lipinski definition) is 0. The molecule has 0 aliphatic carbocycles. The van der Waals surface area contributed by atoms with Gasteiger partial charge in [-0.3, -0.25) is 9.78 Å². The molecule has 0 atom stereocenters. The molecule has 0 fully saturated rings. The number of aromatic nitrogens is 3. The van der Waals surface area contributed by atoms with Crippen LogP contribution in [0.3, 0.4) is 0 Å². The van der Waals surface area contributed by atoms with Crippen LogP contribution in [-0.2, 0) is 6.42 Å². The molecule has 2 aromatic heterocycles. The normalized spacial score (nSPS) is 10.5. The first-order chi connectivity index (χ1) is 12.2. The van der Waals surface area contributed by atoms with Gasteiger partial charge in [0.25, 0.3) is 5.91 Å². The van der Waals surface area contributed by atoms with E-state index in [9.17, 15) is 4.79 Å². The van der Waals surface area contributed by atoms with E-state index in [2.05, 4.69) is 10.1 Å². The van der Waals surface area contributed by atoms with Crippen LogP contribution in [0.15, 0.2) is 60.9 Å². The lowest BCUT2D eigenvalue weighted by molar-refractivity contribution is 0.0787. The number of rotatable bonds is 6. The summed E-state index contributed by atoms with van der Waals surface area (Å²) in [6.45, 7) is 0.553. The molecule has 0 unspecified atom stereocenters. The Labute approximate surface area is 146 Å². The number of pyridine rings is 1. The molecule has 0 spiro atoms. The summed E-state index contributed by atoms with van der Waals surface area (Å²) in [5, 5.41) is 4.41. The second-order valence-electron chi connectivity index (χ2n) is 5.62. The summed E-state index contributed by atoms with van der Waals surface area (Å²) < 4.78 is 6.99. The quantitative estimate of drug-likeness (QED) is 0.694. The van der Waals surface area contributed by atoms with Crippen LogP contribution in [-0.4, -0.2) is 46.3 Å². The predicted octanol–water partition coefficient (Wildman–Crippen LogP) is 2.59. The molecule has 3 rings (SSSR count). The molecule has 6 nitrogen and oxygen atoms in total. The zero-order valence-electron chi connectivity index (χ0n) is 14.3. The van der Waals surface area contributed by atoms with Gasteiger partial charge in [-0.05, 0) is 24.3 Å². The summed E-state index contributed by atoms with van der Waals surface area (Å²) in [6.07, 6.45) is 4.15. The highest BCUT2D eigenvalue weighted by molar-refractivity contribution is 5.94. The van der Waals surface area contributed by atoms with Crippen LogP contribution < -0.4 is 4.74 Å². The Bertz CT molecular complexity index is 831. The Hall–Kier alpha value is -3.15. The van der Waals surface area contributed by atoms with Gasteiger partial charge >= 0.3 is 0 Å². The highest BCUT2D eigenvalue weighted by Crippen LogP contribution is 2.20. The first kappa shape index (κ1) is 16.7. The molecule has 0 saturated carbocycles. The largest absolute Gasteiger partial charge is 0.493 e. The van der Waals surface area contributed by atoms with Crippen molar-refractivity contribution < 1.29 is 9.53 Å². The van der Waals surface area contributed by atoms with Gasteiger partial charge in [-0.1, -0.05) is 24.3 Å². The highest BCUT2D eigenvalue weighted by atomic mass is 16.5. The number of carbonyl (C=O) groups excluding carboxylic acids is 1. The molecule has 25 heavy (non-hydrogen) atoms. The van der Waals surface area contributed by atoms with Gasteiger partial charge in [0.2, 0.25) is 0 Å². The molecule has 0 aliphatic rings. The lowest BCUT2D eigenvalue weighted by Crippen LogP contribution is -2.29. The van der Waals surface area contributed by atoms with Crippen molar-refractivity contribution >= 4 is 5.91 Å². The summed E-state index contributed by atoms with van der Waals surface area (Å²) >= 11 is 0. The zero-order valence-corrected chi connectivity index (χ0v) is 14.3. The van der Waals surface area contributed by atoms with E-state index >= 15 is 0 Å². The van der Waals surface area contributed by atoms with Crippen molar-refractivity contribution in [3.05, 3.63) is 72.3 Å². The molecular weight excluding hydrogens is 316 g/mol. The van der Waals surface area contributed by atoms with E-state index in [1.54, 1.807) is 29.0 Å². The van der Waals surface area contributed by atoms with E-state index in [1.807, 2.05) is 48.5 Å². The van der Waals surface area contributed by atoms with Crippen LogP contribution in [0.4, 0.5) is 0 Å². The summed E-state index contributed by atoms with van der Waals surface area (Å²) in [5.74, 6) is 0.279. The van der Waals surface area contributed by atoms with E-state index in [4.69, 9.17) is 4.74 Å². The second kappa shape index (κ2) is 7.61. The molecule has 0 N–H and O–H groups in total. The Morgan fingerprint density at radius 3 is 2.60 bits per heavy atom. The molecule has 3 aromatic rings. The van der Waals surface area contributed by atoms with Crippen LogP contribution in [0.1, 0.15) is 16.2 Å². The molecule has 1 amide bonds. The van der Waals surface area contributed by atoms with Gasteiger partial charge in [0.15, 0.2) is 11.4 Å². The number of ether oxygens (including phenoxy) is 1. The first-order valence-electron chi connectivity index (χ1n) is 8.03. The van der Waals surface area contributed by atoms with Crippen molar-refractivity contribution in [3.63, 3.8) is 0 Å². The van der Waals surface area contributed by atoms with Gasteiger partial charge in [0, 0.05) is 31.9 Å². The summed E-state index contributed by atoms with van der Waals surface area (Å²) in [7, 11) is 3.29. The third-order valence-electron chi connectivity index (χ3n) is 3.90. The van der Waals surface area contributed by atoms with Crippen LogP contribution >= 0.6 is 0 Å². The number of methoxy groups -OCH3 is 1. The number of nitrogens with zero attached hydrogens (tertiary/aromatic N) is 4. The maximum absolute atomic E-state index is 12.7. The fourth-order valence-corrected chi connectivity index (χ4v) is 2.48. The van der Waals surface area contributed by atoms with E-state index in [0.717, 1.165) is 11.4 Å². The molecule has 0 bridgehead atoms. The number of amides is 1. The van der Waals surface area contributed by atoms with Gasteiger partial charge in [0.1, 0.15) is 0 Å². The molecule has 0 saturated heterocycles. The molecule has 0 aliphatic heterocycles. The minimum absolute atomic E-state index is 0.178. The second-order valence-corrected chi connectivity index (χ2v) is 5.62. The van der Waals surface area contributed by atoms with Gasteiger partial charge in [-0.15, -0.1) is 0 Å². The SMILES string of the molecule is COc1cn(-c2ccccc2)nc1C(=O)N(C)CCc1ccccn1. The van der Waals surface area contributed by atoms with Gasteiger partial charge < -0.3 is 9.64 Å². The van der Waals surface area contributed by atoms with Crippen molar-refractivity contribution in [3.8, 4) is 11.4 Å². The number of hydrogen-bond acceptors (Lipinski definition) is 4. The van der Waals surface area contributed by atoms with Crippen molar-refractivity contribution in [1.82, 2.24) is 19.7 Å². The zero-order chi connectivity index (χ0) is 17.6. The van der Waals surface area contributed by atoms with E-state index in [0.29, 0.717) is 24.4 Å². The lowest BCUT2D eigenvalue weighted by Gasteiger charge is -2.16. The van der Waals surface area contributed by atoms with Gasteiger partial charge in [-0.25, -0.2) is 4.68 Å². The Morgan fingerprint density at radius 2 is 1.92 bits per heavy atom. The fraction of sp³-hybridized carbons (Fsp3) is 0.211. The molecular formula is C19H20N4O2. The first-order valence-corrected chi connectivity index (χ1v) is 8.03. The Kier molecular flexibility index (Phi) is 5.09. The van der Waals surface area contributed by atoms with E-state index in [-0.39, 0.29) is 5.91 Å². The van der Waals surface area contributed by atoms with Crippen molar-refractivity contribution in [1.29, 1.82) is 0 Å². The minimum atomic E-state index is -0.178. The minimum Gasteiger partial charge on any atom is -0.493 e. The molecule has 6 heteroatoms. The molecule has 0 radical (unpaired) electrons. The average Bonchev–Trinajstić information content (AvgIpc) is 3.11. The highest BCUT2D eigenvalue weighted by Gasteiger charge is 2.21. The van der Waals surface area contributed by atoms with Gasteiger partial charge in [-0.2, -0.15) is 5.10 Å². The standard InChI is InChI=1S/C19H20N4O2/c1-22(13-11-15-8-6-7-12-20-15)19(24)18-17(25-2)14-23(21-18)16-9-4-3-5-10-16/h3-10,12,14H,11,13H2,1-2H3. The predicted molar refractivity (Wildman–Crippen MR) is 95.0 cm³/mol. The summed E-state index contributed by atoms with van der Waals surface area (Å²) in [5.41, 5.74) is 2.12. The number of para-hydroxylation sites is 1. The number of carbonyl (C=O) groups is 1. The fourth-order valence-electron chi connectivity index (χ4n) is 2.48. The van der Waals surface area contributed by atoms with Crippen LogP contribution in [0, 0.1) is 0 Å². The Morgan fingerprint density at radius 1 is 1.16 bits per heavy atom. The summed E-state index contributed by atoms with van der Waals surface area (Å²) in [4.78, 5) is 18.7. The molecule has 2 heterocycles. The number of benzene rings is 1. The molecule has 1 aromatic carbocycles. The van der Waals surface area contributed by atoms with Crippen LogP contribution in [0.5, 0.6) is 5.75 Å². The Balaban J connectivity index is 1.75. The topological polar surface area (TPSA) is 60.3 Å². The third kappa shape index (κ3) is 3.85. The lowest BCUT2D eigenvalue weighted by atomic mass is 10.2. The van der Waals surface area contributed by atoms with E-state index < -0.39 is 0 Å².